The van der Waals surface area contributed by atoms with Gasteiger partial charge < -0.3 is 5.32 Å². The Hall–Kier alpha value is -1.41. The lowest BCUT2D eigenvalue weighted by Gasteiger charge is -2.33. The van der Waals surface area contributed by atoms with Crippen molar-refractivity contribution in [1.29, 1.82) is 0 Å². The fraction of sp³-hybridized carbons (Fsp3) is 0.381. The average molecular weight is 500 g/mol. The molecule has 3 rings (SSSR count). The second-order valence-corrected chi connectivity index (χ2v) is 10.5. The van der Waals surface area contributed by atoms with Crippen molar-refractivity contribution in [3.05, 3.63) is 57.5 Å². The van der Waals surface area contributed by atoms with Gasteiger partial charge in [0.1, 0.15) is 0 Å². The van der Waals surface area contributed by atoms with Crippen molar-refractivity contribution in [2.24, 2.45) is 0 Å². The Morgan fingerprint density at radius 1 is 1.14 bits per heavy atom. The monoisotopic (exact) mass is 498 g/mol. The van der Waals surface area contributed by atoms with Crippen molar-refractivity contribution in [3.8, 4) is 0 Å². The predicted octanol–water partition coefficient (Wildman–Crippen LogP) is 5.37. The van der Waals surface area contributed by atoms with Gasteiger partial charge in [0, 0.05) is 21.2 Å². The molecule has 0 heterocycles. The largest absolute Gasteiger partial charge is 0.325 e. The lowest BCUT2D eigenvalue weighted by molar-refractivity contribution is -0.116. The Kier molecular flexibility index (Phi) is 7.37. The third kappa shape index (κ3) is 5.60. The minimum atomic E-state index is -3.79. The molecule has 29 heavy (non-hydrogen) atoms. The summed E-state index contributed by atoms with van der Waals surface area (Å²) in [5, 5.41) is 3.33. The molecule has 1 amide bonds. The molecule has 1 aliphatic carbocycles. The number of amides is 1. The Bertz CT molecular complexity index is 974. The smallest absolute Gasteiger partial charge is 0.243 e. The van der Waals surface area contributed by atoms with Crippen molar-refractivity contribution in [2.75, 3.05) is 11.9 Å². The summed E-state index contributed by atoms with van der Waals surface area (Å²) < 4.78 is 28.8. The third-order valence-electron chi connectivity index (χ3n) is 5.16. The van der Waals surface area contributed by atoms with Crippen LogP contribution in [-0.2, 0) is 14.8 Å². The van der Waals surface area contributed by atoms with Gasteiger partial charge in [-0.05, 0) is 61.7 Å². The normalized spacial score (nSPS) is 15.4. The number of carbonyl (C=O) groups is 1. The molecule has 0 atom stereocenters. The van der Waals surface area contributed by atoms with Gasteiger partial charge in [-0.1, -0.05) is 52.9 Å². The van der Waals surface area contributed by atoms with Gasteiger partial charge in [-0.25, -0.2) is 8.42 Å². The van der Waals surface area contributed by atoms with E-state index in [1.165, 1.54) is 4.31 Å². The molecule has 0 aliphatic heterocycles. The van der Waals surface area contributed by atoms with Crippen LogP contribution in [0.4, 0.5) is 5.69 Å². The number of nitrogens with zero attached hydrogens (tertiary/aromatic N) is 1. The molecule has 0 saturated heterocycles. The van der Waals surface area contributed by atoms with Crippen molar-refractivity contribution >= 4 is 49.1 Å². The summed E-state index contributed by atoms with van der Waals surface area (Å²) in [6.07, 6.45) is 4.55. The standard InChI is InChI=1S/C21H24BrClN2O3S/c1-15-7-10-17(13-20(15)23)24-21(26)14-25(18-5-3-2-4-6-18)29(27,28)19-11-8-16(22)9-12-19/h7-13,18H,2-6,14H2,1H3,(H,24,26). The number of halogens is 2. The quantitative estimate of drug-likeness (QED) is 0.581. The van der Waals surface area contributed by atoms with Gasteiger partial charge in [-0.3, -0.25) is 4.79 Å². The van der Waals surface area contributed by atoms with E-state index in [0.29, 0.717) is 10.7 Å². The summed E-state index contributed by atoms with van der Waals surface area (Å²) >= 11 is 9.46. The van der Waals surface area contributed by atoms with Crippen LogP contribution in [0, 0.1) is 6.92 Å². The highest BCUT2D eigenvalue weighted by Gasteiger charge is 2.34. The molecule has 0 spiro atoms. The highest BCUT2D eigenvalue weighted by molar-refractivity contribution is 9.10. The van der Waals surface area contributed by atoms with Crippen LogP contribution in [0.15, 0.2) is 51.8 Å². The molecule has 1 N–H and O–H groups in total. The average Bonchev–Trinajstić information content (AvgIpc) is 2.70. The lowest BCUT2D eigenvalue weighted by Crippen LogP contribution is -2.45. The summed E-state index contributed by atoms with van der Waals surface area (Å²) in [5.74, 6) is -0.379. The SMILES string of the molecule is Cc1ccc(NC(=O)CN(C2CCCCC2)S(=O)(=O)c2ccc(Br)cc2)cc1Cl. The molecule has 0 radical (unpaired) electrons. The number of hydrogen-bond donors (Lipinski definition) is 1. The van der Waals surface area contributed by atoms with Gasteiger partial charge in [0.15, 0.2) is 0 Å². The molecule has 2 aromatic carbocycles. The maximum atomic E-state index is 13.3. The first-order chi connectivity index (χ1) is 13.8. The summed E-state index contributed by atoms with van der Waals surface area (Å²) in [7, 11) is -3.79. The first kappa shape index (κ1) is 22.3. The van der Waals surface area contributed by atoms with Crippen LogP contribution in [-0.4, -0.2) is 31.2 Å². The van der Waals surface area contributed by atoms with Crippen LogP contribution in [0.3, 0.4) is 0 Å². The van der Waals surface area contributed by atoms with Crippen molar-refractivity contribution in [1.82, 2.24) is 4.31 Å². The van der Waals surface area contributed by atoms with E-state index in [1.54, 1.807) is 36.4 Å². The second-order valence-electron chi connectivity index (χ2n) is 7.31. The fourth-order valence-electron chi connectivity index (χ4n) is 3.53. The first-order valence-electron chi connectivity index (χ1n) is 9.61. The zero-order chi connectivity index (χ0) is 21.0. The maximum Gasteiger partial charge on any atom is 0.243 e. The van der Waals surface area contributed by atoms with Gasteiger partial charge >= 0.3 is 0 Å². The number of aryl methyl sites for hydroxylation is 1. The second kappa shape index (κ2) is 9.60. The third-order valence-corrected chi connectivity index (χ3v) is 8.01. The number of sulfonamides is 1. The van der Waals surface area contributed by atoms with Crippen LogP contribution in [0.25, 0.3) is 0 Å². The summed E-state index contributed by atoms with van der Waals surface area (Å²) in [5.41, 5.74) is 1.46. The van der Waals surface area contributed by atoms with Crippen LogP contribution < -0.4 is 5.32 Å². The lowest BCUT2D eigenvalue weighted by atomic mass is 9.95. The van der Waals surface area contributed by atoms with E-state index in [-0.39, 0.29) is 23.4 Å². The summed E-state index contributed by atoms with van der Waals surface area (Å²) in [4.78, 5) is 12.9. The zero-order valence-corrected chi connectivity index (χ0v) is 19.4. The Balaban J connectivity index is 1.84. The molecule has 156 valence electrons. The minimum Gasteiger partial charge on any atom is -0.325 e. The summed E-state index contributed by atoms with van der Waals surface area (Å²) in [6, 6.07) is 11.6. The molecule has 0 aromatic heterocycles. The number of benzene rings is 2. The molecule has 8 heteroatoms. The van der Waals surface area contributed by atoms with Gasteiger partial charge in [0.2, 0.25) is 15.9 Å². The van der Waals surface area contributed by atoms with Gasteiger partial charge in [-0.15, -0.1) is 0 Å². The van der Waals surface area contributed by atoms with E-state index in [2.05, 4.69) is 21.2 Å². The molecule has 5 nitrogen and oxygen atoms in total. The number of hydrogen-bond acceptors (Lipinski definition) is 3. The Labute approximate surface area is 185 Å². The van der Waals surface area contributed by atoms with E-state index >= 15 is 0 Å². The number of nitrogens with one attached hydrogen (secondary N) is 1. The van der Waals surface area contributed by atoms with Gasteiger partial charge in [0.05, 0.1) is 11.4 Å². The zero-order valence-electron chi connectivity index (χ0n) is 16.2. The molecule has 1 fully saturated rings. The minimum absolute atomic E-state index is 0.176. The van der Waals surface area contributed by atoms with Gasteiger partial charge in [-0.2, -0.15) is 4.31 Å². The Morgan fingerprint density at radius 2 is 1.79 bits per heavy atom. The van der Waals surface area contributed by atoms with Crippen LogP contribution in [0.1, 0.15) is 37.7 Å². The Morgan fingerprint density at radius 3 is 2.41 bits per heavy atom. The van der Waals surface area contributed by atoms with Crippen molar-refractivity contribution < 1.29 is 13.2 Å². The van der Waals surface area contributed by atoms with Crippen LogP contribution >= 0.6 is 27.5 Å². The molecule has 2 aromatic rings. The molecule has 1 aliphatic rings. The highest BCUT2D eigenvalue weighted by Crippen LogP contribution is 2.28. The van der Waals surface area contributed by atoms with Crippen LogP contribution in [0.5, 0.6) is 0 Å². The molecular weight excluding hydrogens is 476 g/mol. The predicted molar refractivity (Wildman–Crippen MR) is 120 cm³/mol. The van der Waals surface area contributed by atoms with Crippen molar-refractivity contribution in [3.63, 3.8) is 0 Å². The van der Waals surface area contributed by atoms with Gasteiger partial charge in [0.25, 0.3) is 0 Å². The van der Waals surface area contributed by atoms with E-state index in [1.807, 2.05) is 13.0 Å². The number of carbonyl (C=O) groups excluding carboxylic acids is 1. The fourth-order valence-corrected chi connectivity index (χ4v) is 5.62. The molecule has 1 saturated carbocycles. The summed E-state index contributed by atoms with van der Waals surface area (Å²) in [6.45, 7) is 1.65. The highest BCUT2D eigenvalue weighted by atomic mass is 79.9. The number of rotatable bonds is 6. The number of anilines is 1. The van der Waals surface area contributed by atoms with Crippen LogP contribution in [0.2, 0.25) is 5.02 Å². The maximum absolute atomic E-state index is 13.3. The molecular formula is C21H24BrClN2O3S. The van der Waals surface area contributed by atoms with E-state index < -0.39 is 10.0 Å². The van der Waals surface area contributed by atoms with Crippen molar-refractivity contribution in [2.45, 2.75) is 50.0 Å². The molecule has 0 bridgehead atoms. The van der Waals surface area contributed by atoms with E-state index in [9.17, 15) is 13.2 Å². The molecule has 0 unspecified atom stereocenters. The van der Waals surface area contributed by atoms with E-state index in [4.69, 9.17) is 11.6 Å². The first-order valence-corrected chi connectivity index (χ1v) is 12.2. The topological polar surface area (TPSA) is 66.5 Å². The van der Waals surface area contributed by atoms with E-state index in [0.717, 1.165) is 42.1 Å².